The number of aliphatic imine (C=N–C) groups is 2. The Labute approximate surface area is 90.5 Å². The Morgan fingerprint density at radius 2 is 2.00 bits per heavy atom. The van der Waals surface area contributed by atoms with E-state index in [9.17, 15) is 9.59 Å². The molecule has 1 unspecified atom stereocenters. The van der Waals surface area contributed by atoms with Crippen LogP contribution in [0, 0.1) is 17.9 Å². The van der Waals surface area contributed by atoms with Gasteiger partial charge in [0.15, 0.2) is 0 Å². The molecule has 0 N–H and O–H groups in total. The molecule has 0 aromatic carbocycles. The van der Waals surface area contributed by atoms with Gasteiger partial charge in [0.05, 0.1) is 13.1 Å². The highest BCUT2D eigenvalue weighted by Crippen LogP contribution is 2.30. The van der Waals surface area contributed by atoms with Crippen molar-refractivity contribution in [3.05, 3.63) is 6.54 Å². The van der Waals surface area contributed by atoms with Gasteiger partial charge in [-0.25, -0.2) is 14.6 Å². The lowest BCUT2D eigenvalue weighted by Gasteiger charge is -2.26. The van der Waals surface area contributed by atoms with Gasteiger partial charge >= 0.3 is 0 Å². The Morgan fingerprint density at radius 3 is 2.53 bits per heavy atom. The lowest BCUT2D eigenvalue weighted by molar-refractivity contribution is 0.275. The summed E-state index contributed by atoms with van der Waals surface area (Å²) < 4.78 is 0. The van der Waals surface area contributed by atoms with Gasteiger partial charge in [0.25, 0.3) is 0 Å². The van der Waals surface area contributed by atoms with Gasteiger partial charge in [0, 0.05) is 0 Å². The quantitative estimate of drug-likeness (QED) is 0.477. The lowest BCUT2D eigenvalue weighted by Crippen LogP contribution is -2.17. The third-order valence-corrected chi connectivity index (χ3v) is 2.22. The SMILES string of the molecule is CC([CH]N=C=O)CC(C)(C)CCN=C=O. The van der Waals surface area contributed by atoms with E-state index < -0.39 is 0 Å². The van der Waals surface area contributed by atoms with Crippen LogP contribution in [0.3, 0.4) is 0 Å². The fourth-order valence-electron chi connectivity index (χ4n) is 1.59. The Bertz CT molecular complexity index is 274. The van der Waals surface area contributed by atoms with Crippen molar-refractivity contribution in [2.75, 3.05) is 6.54 Å². The molecule has 4 nitrogen and oxygen atoms in total. The molecule has 0 aliphatic rings. The van der Waals surface area contributed by atoms with Crippen molar-refractivity contribution in [2.24, 2.45) is 21.3 Å². The molecule has 0 fully saturated rings. The summed E-state index contributed by atoms with van der Waals surface area (Å²) in [5.41, 5.74) is 0.0780. The van der Waals surface area contributed by atoms with E-state index in [0.29, 0.717) is 6.54 Å². The molecular weight excluding hydrogens is 192 g/mol. The smallest absolute Gasteiger partial charge is 0.211 e. The highest BCUT2D eigenvalue weighted by atomic mass is 16.1. The molecule has 0 saturated heterocycles. The predicted molar refractivity (Wildman–Crippen MR) is 57.6 cm³/mol. The average Bonchev–Trinajstić information content (AvgIpc) is 2.14. The zero-order valence-corrected chi connectivity index (χ0v) is 9.49. The zero-order chi connectivity index (χ0) is 11.7. The standard InChI is InChI=1S/C11H17N2O2/c1-10(7-13-9-15)6-11(2,3)4-5-12-8-14/h7,10H,4-6H2,1-3H3. The van der Waals surface area contributed by atoms with Crippen LogP contribution < -0.4 is 0 Å². The topological polar surface area (TPSA) is 58.9 Å². The number of isocyanates is 2. The van der Waals surface area contributed by atoms with Gasteiger partial charge in [-0.3, -0.25) is 0 Å². The monoisotopic (exact) mass is 209 g/mol. The van der Waals surface area contributed by atoms with E-state index in [2.05, 4.69) is 23.8 Å². The molecular formula is C11H17N2O2. The van der Waals surface area contributed by atoms with Crippen LogP contribution >= 0.6 is 0 Å². The maximum Gasteiger partial charge on any atom is 0.235 e. The summed E-state index contributed by atoms with van der Waals surface area (Å²) >= 11 is 0. The summed E-state index contributed by atoms with van der Waals surface area (Å²) in [6.45, 7) is 8.29. The van der Waals surface area contributed by atoms with Crippen LogP contribution in [-0.2, 0) is 9.59 Å². The van der Waals surface area contributed by atoms with Crippen LogP contribution in [-0.4, -0.2) is 18.7 Å². The summed E-state index contributed by atoms with van der Waals surface area (Å²) in [5.74, 6) is 0.224. The first-order chi connectivity index (χ1) is 7.02. The molecule has 0 amide bonds. The maximum absolute atomic E-state index is 9.90. The van der Waals surface area contributed by atoms with E-state index in [1.54, 1.807) is 6.54 Å². The number of nitrogens with zero attached hydrogens (tertiary/aromatic N) is 2. The normalized spacial score (nSPS) is 12.5. The first-order valence-corrected chi connectivity index (χ1v) is 4.96. The van der Waals surface area contributed by atoms with Crippen molar-refractivity contribution in [1.29, 1.82) is 0 Å². The summed E-state index contributed by atoms with van der Waals surface area (Å²) in [7, 11) is 0. The minimum absolute atomic E-state index is 0.0780. The molecule has 83 valence electrons. The van der Waals surface area contributed by atoms with Gasteiger partial charge in [-0.15, -0.1) is 0 Å². The molecule has 0 saturated carbocycles. The van der Waals surface area contributed by atoms with Crippen molar-refractivity contribution in [1.82, 2.24) is 0 Å². The van der Waals surface area contributed by atoms with E-state index in [1.807, 2.05) is 6.92 Å². The van der Waals surface area contributed by atoms with Gasteiger partial charge in [-0.1, -0.05) is 20.8 Å². The van der Waals surface area contributed by atoms with Crippen molar-refractivity contribution < 1.29 is 9.59 Å². The van der Waals surface area contributed by atoms with Gasteiger partial charge in [0.2, 0.25) is 12.2 Å². The third kappa shape index (κ3) is 7.80. The summed E-state index contributed by atoms with van der Waals surface area (Å²) in [6.07, 6.45) is 4.73. The fraction of sp³-hybridized carbons (Fsp3) is 0.727. The number of rotatable bonds is 7. The Kier molecular flexibility index (Phi) is 6.52. The van der Waals surface area contributed by atoms with E-state index in [-0.39, 0.29) is 11.3 Å². The van der Waals surface area contributed by atoms with E-state index in [1.165, 1.54) is 12.2 Å². The second kappa shape index (κ2) is 7.10. The van der Waals surface area contributed by atoms with Crippen molar-refractivity contribution in [2.45, 2.75) is 33.6 Å². The second-order valence-corrected chi connectivity index (χ2v) is 4.44. The van der Waals surface area contributed by atoms with E-state index in [0.717, 1.165) is 12.8 Å². The largest absolute Gasteiger partial charge is 0.235 e. The van der Waals surface area contributed by atoms with E-state index >= 15 is 0 Å². The molecule has 1 atom stereocenters. The van der Waals surface area contributed by atoms with Gasteiger partial charge < -0.3 is 0 Å². The molecule has 0 aliphatic carbocycles. The summed E-state index contributed by atoms with van der Waals surface area (Å²) in [4.78, 5) is 26.8. The Morgan fingerprint density at radius 1 is 1.33 bits per heavy atom. The first-order valence-electron chi connectivity index (χ1n) is 4.96. The molecule has 0 spiro atoms. The molecule has 1 radical (unpaired) electrons. The summed E-state index contributed by atoms with van der Waals surface area (Å²) in [6, 6.07) is 0. The molecule has 0 aromatic heterocycles. The molecule has 0 rings (SSSR count). The first kappa shape index (κ1) is 13.8. The molecule has 0 heterocycles. The minimum Gasteiger partial charge on any atom is -0.211 e. The molecule has 4 heteroatoms. The lowest BCUT2D eigenvalue weighted by atomic mass is 9.80. The van der Waals surface area contributed by atoms with E-state index in [4.69, 9.17) is 0 Å². The average molecular weight is 209 g/mol. The van der Waals surface area contributed by atoms with Gasteiger partial charge in [-0.05, 0) is 24.2 Å². The van der Waals surface area contributed by atoms with Crippen molar-refractivity contribution in [3.63, 3.8) is 0 Å². The van der Waals surface area contributed by atoms with Crippen LogP contribution in [0.15, 0.2) is 9.98 Å². The van der Waals surface area contributed by atoms with Crippen LogP contribution in [0.5, 0.6) is 0 Å². The maximum atomic E-state index is 9.90. The van der Waals surface area contributed by atoms with Crippen LogP contribution in [0.2, 0.25) is 0 Å². The predicted octanol–water partition coefficient (Wildman–Crippen LogP) is 2.26. The summed E-state index contributed by atoms with van der Waals surface area (Å²) in [5, 5.41) is 0. The van der Waals surface area contributed by atoms with Crippen LogP contribution in [0.1, 0.15) is 33.6 Å². The number of carbonyl (C=O) groups excluding carboxylic acids is 2. The zero-order valence-electron chi connectivity index (χ0n) is 9.49. The van der Waals surface area contributed by atoms with Gasteiger partial charge in [-0.2, -0.15) is 4.99 Å². The van der Waals surface area contributed by atoms with Crippen molar-refractivity contribution in [3.8, 4) is 0 Å². The molecule has 0 bridgehead atoms. The number of hydrogen-bond donors (Lipinski definition) is 0. The number of hydrogen-bond acceptors (Lipinski definition) is 4. The third-order valence-electron chi connectivity index (χ3n) is 2.22. The molecule has 15 heavy (non-hydrogen) atoms. The molecule has 0 aromatic rings. The minimum atomic E-state index is 0.0780. The molecule has 0 aliphatic heterocycles. The fourth-order valence-corrected chi connectivity index (χ4v) is 1.59. The van der Waals surface area contributed by atoms with Gasteiger partial charge in [0.1, 0.15) is 0 Å². The highest BCUT2D eigenvalue weighted by molar-refractivity contribution is 5.34. The van der Waals surface area contributed by atoms with Crippen LogP contribution in [0.25, 0.3) is 0 Å². The second-order valence-electron chi connectivity index (χ2n) is 4.44. The van der Waals surface area contributed by atoms with Crippen LogP contribution in [0.4, 0.5) is 0 Å². The Balaban J connectivity index is 3.99. The highest BCUT2D eigenvalue weighted by Gasteiger charge is 2.20. The Hall–Kier alpha value is -1.24. The van der Waals surface area contributed by atoms with Crippen molar-refractivity contribution >= 4 is 12.2 Å².